The van der Waals surface area contributed by atoms with Crippen molar-refractivity contribution in [2.75, 3.05) is 0 Å². The van der Waals surface area contributed by atoms with E-state index in [1.807, 2.05) is 6.92 Å². The summed E-state index contributed by atoms with van der Waals surface area (Å²) in [5.41, 5.74) is -0.642. The molecule has 0 unspecified atom stereocenters. The minimum Gasteiger partial charge on any atom is -0.206 e. The maximum absolute atomic E-state index is 14.5. The SMILES string of the molecule is CCc1ccc(-c2cc(F)c(C(F)(F)Cc3cc(F)c(F)c(F)c3)c(F)c2)cc1. The van der Waals surface area contributed by atoms with Crippen LogP contribution in [0, 0.1) is 29.1 Å². The van der Waals surface area contributed by atoms with E-state index < -0.39 is 52.6 Å². The Morgan fingerprint density at radius 3 is 1.66 bits per heavy atom. The topological polar surface area (TPSA) is 0 Å². The number of benzene rings is 3. The monoisotopic (exact) mass is 412 g/mol. The van der Waals surface area contributed by atoms with Crippen LogP contribution in [0.3, 0.4) is 0 Å². The Labute approximate surface area is 162 Å². The first-order valence-electron chi connectivity index (χ1n) is 8.72. The van der Waals surface area contributed by atoms with Crippen molar-refractivity contribution in [3.63, 3.8) is 0 Å². The number of alkyl halides is 2. The summed E-state index contributed by atoms with van der Waals surface area (Å²) in [7, 11) is 0. The van der Waals surface area contributed by atoms with Gasteiger partial charge in [-0.15, -0.1) is 0 Å². The van der Waals surface area contributed by atoms with Crippen LogP contribution in [-0.4, -0.2) is 0 Å². The van der Waals surface area contributed by atoms with Crippen LogP contribution in [-0.2, 0) is 18.8 Å². The van der Waals surface area contributed by atoms with Crippen molar-refractivity contribution in [1.82, 2.24) is 0 Å². The molecule has 0 nitrogen and oxygen atoms in total. The highest BCUT2D eigenvalue weighted by molar-refractivity contribution is 5.64. The van der Waals surface area contributed by atoms with E-state index in [4.69, 9.17) is 0 Å². The van der Waals surface area contributed by atoms with Crippen LogP contribution in [0.1, 0.15) is 23.6 Å². The zero-order valence-electron chi connectivity index (χ0n) is 15.2. The fourth-order valence-electron chi connectivity index (χ4n) is 3.08. The Balaban J connectivity index is 1.97. The van der Waals surface area contributed by atoms with Gasteiger partial charge in [0.25, 0.3) is 5.92 Å². The molecule has 0 atom stereocenters. The largest absolute Gasteiger partial charge is 0.282 e. The highest BCUT2D eigenvalue weighted by Crippen LogP contribution is 2.38. The fraction of sp³-hybridized carbons (Fsp3) is 0.182. The van der Waals surface area contributed by atoms with E-state index in [2.05, 4.69) is 0 Å². The maximum atomic E-state index is 14.5. The van der Waals surface area contributed by atoms with Gasteiger partial charge < -0.3 is 0 Å². The second-order valence-electron chi connectivity index (χ2n) is 6.62. The van der Waals surface area contributed by atoms with Gasteiger partial charge in [-0.1, -0.05) is 31.2 Å². The minimum atomic E-state index is -4.12. The molecule has 7 heteroatoms. The molecule has 0 aliphatic heterocycles. The number of hydrogen-bond donors (Lipinski definition) is 0. The molecule has 0 saturated heterocycles. The summed E-state index contributed by atoms with van der Waals surface area (Å²) < 4.78 is 97.5. The van der Waals surface area contributed by atoms with Crippen molar-refractivity contribution in [3.8, 4) is 11.1 Å². The lowest BCUT2D eigenvalue weighted by atomic mass is 9.95. The number of rotatable bonds is 5. The second kappa shape index (κ2) is 7.89. The van der Waals surface area contributed by atoms with Gasteiger partial charge in [-0.05, 0) is 52.9 Å². The van der Waals surface area contributed by atoms with Gasteiger partial charge in [-0.3, -0.25) is 0 Å². The van der Waals surface area contributed by atoms with Crippen LogP contribution < -0.4 is 0 Å². The molecule has 0 heterocycles. The number of hydrogen-bond acceptors (Lipinski definition) is 0. The van der Waals surface area contributed by atoms with E-state index in [0.717, 1.165) is 24.1 Å². The van der Waals surface area contributed by atoms with Crippen molar-refractivity contribution in [1.29, 1.82) is 0 Å². The molecule has 29 heavy (non-hydrogen) atoms. The van der Waals surface area contributed by atoms with Gasteiger partial charge in [0.2, 0.25) is 0 Å². The summed E-state index contributed by atoms with van der Waals surface area (Å²) >= 11 is 0. The first-order valence-corrected chi connectivity index (χ1v) is 8.72. The Hall–Kier alpha value is -2.83. The molecule has 3 aromatic rings. The van der Waals surface area contributed by atoms with E-state index in [0.29, 0.717) is 17.7 Å². The van der Waals surface area contributed by atoms with E-state index >= 15 is 0 Å². The fourth-order valence-corrected chi connectivity index (χ4v) is 3.08. The van der Waals surface area contributed by atoms with Crippen LogP contribution in [0.15, 0.2) is 48.5 Å². The molecule has 0 aliphatic carbocycles. The molecular formula is C22H15F7. The highest BCUT2D eigenvalue weighted by atomic mass is 19.3. The predicted molar refractivity (Wildman–Crippen MR) is 95.1 cm³/mol. The molecule has 0 saturated carbocycles. The third kappa shape index (κ3) is 4.28. The molecule has 3 aromatic carbocycles. The van der Waals surface area contributed by atoms with E-state index in [9.17, 15) is 30.7 Å². The molecule has 0 N–H and O–H groups in total. The minimum absolute atomic E-state index is 0.0704. The molecule has 0 radical (unpaired) electrons. The first-order chi connectivity index (χ1) is 13.6. The summed E-state index contributed by atoms with van der Waals surface area (Å²) in [6, 6.07) is 9.04. The molecule has 0 fully saturated rings. The quantitative estimate of drug-likeness (QED) is 0.314. The zero-order valence-corrected chi connectivity index (χ0v) is 15.2. The summed E-state index contributed by atoms with van der Waals surface area (Å²) in [4.78, 5) is 0. The lowest BCUT2D eigenvalue weighted by molar-refractivity contribution is -0.0111. The van der Waals surface area contributed by atoms with Crippen LogP contribution >= 0.6 is 0 Å². The summed E-state index contributed by atoms with van der Waals surface area (Å²) in [5.74, 6) is -12.2. The third-order valence-corrected chi connectivity index (χ3v) is 4.57. The van der Waals surface area contributed by atoms with Gasteiger partial charge in [0, 0.05) is 6.42 Å². The lowest BCUT2D eigenvalue weighted by Gasteiger charge is -2.19. The van der Waals surface area contributed by atoms with E-state index in [1.54, 1.807) is 24.3 Å². The average molecular weight is 412 g/mol. The highest BCUT2D eigenvalue weighted by Gasteiger charge is 2.38. The average Bonchev–Trinajstić information content (AvgIpc) is 2.65. The van der Waals surface area contributed by atoms with E-state index in [-0.39, 0.29) is 5.56 Å². The normalized spacial score (nSPS) is 11.7. The van der Waals surface area contributed by atoms with Crippen molar-refractivity contribution < 1.29 is 30.7 Å². The molecule has 3 rings (SSSR count). The molecule has 0 amide bonds. The lowest BCUT2D eigenvalue weighted by Crippen LogP contribution is -2.21. The van der Waals surface area contributed by atoms with Crippen LogP contribution in [0.4, 0.5) is 30.7 Å². The Bertz CT molecular complexity index is 994. The number of halogens is 7. The molecular weight excluding hydrogens is 397 g/mol. The van der Waals surface area contributed by atoms with Crippen LogP contribution in [0.25, 0.3) is 11.1 Å². The Kier molecular flexibility index (Phi) is 5.68. The molecule has 0 aliphatic rings. The van der Waals surface area contributed by atoms with Gasteiger partial charge in [0.15, 0.2) is 17.5 Å². The van der Waals surface area contributed by atoms with Gasteiger partial charge in [-0.2, -0.15) is 0 Å². The Morgan fingerprint density at radius 2 is 1.17 bits per heavy atom. The van der Waals surface area contributed by atoms with Crippen molar-refractivity contribution in [2.45, 2.75) is 25.7 Å². The summed E-state index contributed by atoms with van der Waals surface area (Å²) in [6.45, 7) is 1.93. The smallest absolute Gasteiger partial charge is 0.206 e. The Morgan fingerprint density at radius 1 is 0.655 bits per heavy atom. The van der Waals surface area contributed by atoms with E-state index in [1.165, 1.54) is 0 Å². The van der Waals surface area contributed by atoms with Gasteiger partial charge in [0.1, 0.15) is 11.6 Å². The van der Waals surface area contributed by atoms with Gasteiger partial charge >= 0.3 is 0 Å². The van der Waals surface area contributed by atoms with Crippen molar-refractivity contribution in [2.24, 2.45) is 0 Å². The van der Waals surface area contributed by atoms with Gasteiger partial charge in [0.05, 0.1) is 5.56 Å². The maximum Gasteiger partial charge on any atom is 0.282 e. The van der Waals surface area contributed by atoms with Gasteiger partial charge in [-0.25, -0.2) is 30.7 Å². The second-order valence-corrected chi connectivity index (χ2v) is 6.62. The van der Waals surface area contributed by atoms with Crippen LogP contribution in [0.2, 0.25) is 0 Å². The molecule has 0 aromatic heterocycles. The molecule has 152 valence electrons. The zero-order chi connectivity index (χ0) is 21.3. The molecule has 0 spiro atoms. The van der Waals surface area contributed by atoms with Crippen LogP contribution in [0.5, 0.6) is 0 Å². The molecule has 0 bridgehead atoms. The summed E-state index contributed by atoms with van der Waals surface area (Å²) in [6.07, 6.45) is -0.641. The third-order valence-electron chi connectivity index (χ3n) is 4.57. The number of aryl methyl sites for hydroxylation is 1. The standard InChI is InChI=1S/C22H15F7/c1-2-12-3-5-14(6-4-12)15-9-16(23)20(17(24)10-15)22(28,29)11-13-7-18(25)21(27)19(26)8-13/h3-10H,2,11H2,1H3. The van der Waals surface area contributed by atoms with Crippen molar-refractivity contribution in [3.05, 3.63) is 94.3 Å². The first kappa shape index (κ1) is 20.9. The predicted octanol–water partition coefficient (Wildman–Crippen LogP) is 6.95. The van der Waals surface area contributed by atoms with Crippen molar-refractivity contribution >= 4 is 0 Å². The summed E-state index contributed by atoms with van der Waals surface area (Å²) in [5, 5.41) is 0.